The van der Waals surface area contributed by atoms with Gasteiger partial charge in [0.05, 0.1) is 0 Å². The summed E-state index contributed by atoms with van der Waals surface area (Å²) in [4.78, 5) is 29.2. The van der Waals surface area contributed by atoms with Crippen molar-refractivity contribution in [1.82, 2.24) is 24.0 Å². The highest BCUT2D eigenvalue weighted by atomic mass is 16.2. The molecule has 122 valence electrons. The van der Waals surface area contributed by atoms with Gasteiger partial charge in [-0.3, -0.25) is 14.1 Å². The van der Waals surface area contributed by atoms with Crippen molar-refractivity contribution < 1.29 is 4.79 Å². The van der Waals surface area contributed by atoms with Crippen molar-refractivity contribution in [2.24, 2.45) is 0 Å². The van der Waals surface area contributed by atoms with E-state index in [4.69, 9.17) is 0 Å². The minimum Gasteiger partial charge on any atom is -0.338 e. The SMILES string of the molecule is O=C(Cn1nc2ccccn2c1=O)N1CCN2CCCCC2C1. The lowest BCUT2D eigenvalue weighted by molar-refractivity contribution is -0.135. The fourth-order valence-corrected chi connectivity index (χ4v) is 3.68. The second-order valence-electron chi connectivity index (χ2n) is 6.39. The Morgan fingerprint density at radius 1 is 1.22 bits per heavy atom. The van der Waals surface area contributed by atoms with E-state index in [9.17, 15) is 9.59 Å². The maximum atomic E-state index is 12.6. The van der Waals surface area contributed by atoms with Gasteiger partial charge in [0, 0.05) is 31.9 Å². The van der Waals surface area contributed by atoms with Crippen molar-refractivity contribution >= 4 is 11.6 Å². The highest BCUT2D eigenvalue weighted by molar-refractivity contribution is 5.76. The van der Waals surface area contributed by atoms with Gasteiger partial charge in [0.2, 0.25) is 5.91 Å². The summed E-state index contributed by atoms with van der Waals surface area (Å²) in [6.45, 7) is 3.64. The van der Waals surface area contributed by atoms with Gasteiger partial charge in [0.15, 0.2) is 5.65 Å². The van der Waals surface area contributed by atoms with E-state index in [1.165, 1.54) is 21.9 Å². The fourth-order valence-electron chi connectivity index (χ4n) is 3.68. The molecule has 1 amide bonds. The van der Waals surface area contributed by atoms with Crippen LogP contribution in [0.1, 0.15) is 19.3 Å². The molecule has 1 unspecified atom stereocenters. The van der Waals surface area contributed by atoms with Crippen molar-refractivity contribution in [2.45, 2.75) is 31.8 Å². The van der Waals surface area contributed by atoms with Gasteiger partial charge in [0.1, 0.15) is 6.54 Å². The molecule has 0 aliphatic carbocycles. The lowest BCUT2D eigenvalue weighted by Gasteiger charge is -2.44. The van der Waals surface area contributed by atoms with Crippen molar-refractivity contribution in [3.05, 3.63) is 34.9 Å². The second kappa shape index (κ2) is 5.81. The maximum absolute atomic E-state index is 12.6. The summed E-state index contributed by atoms with van der Waals surface area (Å²) in [7, 11) is 0. The zero-order chi connectivity index (χ0) is 15.8. The lowest BCUT2D eigenvalue weighted by atomic mass is 9.99. The molecule has 2 saturated heterocycles. The minimum atomic E-state index is -0.259. The number of carbonyl (C=O) groups excluding carboxylic acids is 1. The van der Waals surface area contributed by atoms with Crippen LogP contribution in [0.25, 0.3) is 5.65 Å². The van der Waals surface area contributed by atoms with Crippen LogP contribution < -0.4 is 5.69 Å². The second-order valence-corrected chi connectivity index (χ2v) is 6.39. The molecule has 2 aromatic rings. The predicted octanol–water partition coefficient (Wildman–Crippen LogP) is 0.193. The first-order valence-electron chi connectivity index (χ1n) is 8.28. The Labute approximate surface area is 134 Å². The van der Waals surface area contributed by atoms with Crippen molar-refractivity contribution in [1.29, 1.82) is 0 Å². The molecule has 0 spiro atoms. The predicted molar refractivity (Wildman–Crippen MR) is 85.2 cm³/mol. The number of piperidine rings is 1. The van der Waals surface area contributed by atoms with E-state index in [1.54, 1.807) is 18.3 Å². The summed E-state index contributed by atoms with van der Waals surface area (Å²) >= 11 is 0. The molecule has 23 heavy (non-hydrogen) atoms. The average molecular weight is 315 g/mol. The molecule has 2 aromatic heterocycles. The summed E-state index contributed by atoms with van der Waals surface area (Å²) < 4.78 is 2.73. The van der Waals surface area contributed by atoms with Crippen LogP contribution in [0, 0.1) is 0 Å². The van der Waals surface area contributed by atoms with Crippen LogP contribution in [0.15, 0.2) is 29.2 Å². The van der Waals surface area contributed by atoms with Crippen LogP contribution in [0.5, 0.6) is 0 Å². The minimum absolute atomic E-state index is 0.0132. The first-order chi connectivity index (χ1) is 11.2. The van der Waals surface area contributed by atoms with E-state index < -0.39 is 0 Å². The molecule has 7 nitrogen and oxygen atoms in total. The Bertz CT molecular complexity index is 780. The van der Waals surface area contributed by atoms with Gasteiger partial charge in [-0.15, -0.1) is 5.10 Å². The van der Waals surface area contributed by atoms with Crippen molar-refractivity contribution in [2.75, 3.05) is 26.2 Å². The lowest BCUT2D eigenvalue weighted by Crippen LogP contribution is -2.56. The number of nitrogens with zero attached hydrogens (tertiary/aromatic N) is 5. The van der Waals surface area contributed by atoms with Gasteiger partial charge in [-0.2, -0.15) is 0 Å². The summed E-state index contributed by atoms with van der Waals surface area (Å²) in [5.74, 6) is -0.0132. The molecule has 0 bridgehead atoms. The Morgan fingerprint density at radius 2 is 2.13 bits per heavy atom. The summed E-state index contributed by atoms with van der Waals surface area (Å²) in [6.07, 6.45) is 5.35. The third-order valence-electron chi connectivity index (χ3n) is 4.96. The zero-order valence-corrected chi connectivity index (χ0v) is 13.1. The molecule has 2 fully saturated rings. The van der Waals surface area contributed by atoms with Gasteiger partial charge in [-0.05, 0) is 31.5 Å². The van der Waals surface area contributed by atoms with Gasteiger partial charge in [-0.1, -0.05) is 12.5 Å². The summed E-state index contributed by atoms with van der Waals surface area (Å²) in [5, 5.41) is 4.24. The molecule has 4 heterocycles. The van der Waals surface area contributed by atoms with Gasteiger partial charge >= 0.3 is 5.69 Å². The molecule has 0 saturated carbocycles. The van der Waals surface area contributed by atoms with Crippen molar-refractivity contribution in [3.63, 3.8) is 0 Å². The topological polar surface area (TPSA) is 62.9 Å². The van der Waals surface area contributed by atoms with E-state index >= 15 is 0 Å². The first-order valence-corrected chi connectivity index (χ1v) is 8.28. The molecule has 0 N–H and O–H groups in total. The molecule has 0 radical (unpaired) electrons. The molecule has 1 atom stereocenters. The largest absolute Gasteiger partial charge is 0.350 e. The first kappa shape index (κ1) is 14.4. The van der Waals surface area contributed by atoms with Gasteiger partial charge in [-0.25, -0.2) is 9.48 Å². The number of piperazine rings is 1. The molecule has 4 rings (SSSR count). The quantitative estimate of drug-likeness (QED) is 0.794. The Hall–Kier alpha value is -2.15. The molecular formula is C16H21N5O2. The van der Waals surface area contributed by atoms with E-state index in [0.29, 0.717) is 11.7 Å². The number of fused-ring (bicyclic) bond motifs is 2. The van der Waals surface area contributed by atoms with Crippen molar-refractivity contribution in [3.8, 4) is 0 Å². The van der Waals surface area contributed by atoms with Crippen LogP contribution in [0.2, 0.25) is 0 Å². The van der Waals surface area contributed by atoms with E-state index in [0.717, 1.165) is 32.6 Å². The number of hydrogen-bond acceptors (Lipinski definition) is 4. The van der Waals surface area contributed by atoms with Crippen LogP contribution >= 0.6 is 0 Å². The number of amides is 1. The summed E-state index contributed by atoms with van der Waals surface area (Å²) in [6, 6.07) is 5.86. The monoisotopic (exact) mass is 315 g/mol. The Morgan fingerprint density at radius 3 is 3.00 bits per heavy atom. The average Bonchev–Trinajstić information content (AvgIpc) is 2.91. The van der Waals surface area contributed by atoms with Crippen LogP contribution in [-0.2, 0) is 11.3 Å². The number of pyridine rings is 1. The number of aromatic nitrogens is 3. The molecule has 2 aliphatic rings. The van der Waals surface area contributed by atoms with Gasteiger partial charge in [0.25, 0.3) is 0 Å². The molecule has 2 aliphatic heterocycles. The highest BCUT2D eigenvalue weighted by Crippen LogP contribution is 2.21. The molecular weight excluding hydrogens is 294 g/mol. The van der Waals surface area contributed by atoms with Gasteiger partial charge < -0.3 is 4.90 Å². The smallest absolute Gasteiger partial charge is 0.338 e. The number of carbonyl (C=O) groups is 1. The van der Waals surface area contributed by atoms with E-state index in [1.807, 2.05) is 11.0 Å². The molecule has 0 aromatic carbocycles. The van der Waals surface area contributed by atoms with E-state index in [2.05, 4.69) is 10.00 Å². The van der Waals surface area contributed by atoms with Crippen LogP contribution in [-0.4, -0.2) is 62.1 Å². The maximum Gasteiger partial charge on any atom is 0.350 e. The molecule has 7 heteroatoms. The number of hydrogen-bond donors (Lipinski definition) is 0. The third kappa shape index (κ3) is 2.65. The standard InChI is InChI=1S/C16H21N5O2/c22-15(19-10-9-18-7-3-1-5-13(18)11-19)12-21-16(23)20-8-4-2-6-14(20)17-21/h2,4,6,8,13H,1,3,5,7,9-12H2. The fraction of sp³-hybridized carbons (Fsp3) is 0.562. The summed E-state index contributed by atoms with van der Waals surface area (Å²) in [5.41, 5.74) is 0.313. The van der Waals surface area contributed by atoms with E-state index in [-0.39, 0.29) is 18.1 Å². The van der Waals surface area contributed by atoms with Crippen LogP contribution in [0.3, 0.4) is 0 Å². The number of rotatable bonds is 2. The Balaban J connectivity index is 1.49. The van der Waals surface area contributed by atoms with Crippen LogP contribution in [0.4, 0.5) is 0 Å². The third-order valence-corrected chi connectivity index (χ3v) is 4.96. The zero-order valence-electron chi connectivity index (χ0n) is 13.1. The Kier molecular flexibility index (Phi) is 3.65. The highest BCUT2D eigenvalue weighted by Gasteiger charge is 2.31. The normalized spacial score (nSPS) is 22.3.